The first-order chi connectivity index (χ1) is 14.7. The second kappa shape index (κ2) is 8.46. The Morgan fingerprint density at radius 3 is 2.48 bits per heavy atom. The van der Waals surface area contributed by atoms with Gasteiger partial charge < -0.3 is 5.32 Å². The highest BCUT2D eigenvalue weighted by Gasteiger charge is 2.23. The number of hydrogen-bond donors (Lipinski definition) is 2. The molecule has 3 aromatic rings. The standard InChI is InChI=1S/C24H34N6O/c1-16-10-17(2)14-29(13-16)15-19-9-7-6-8-18(19)11-25-23-27-21-20(22(31)28-23)12-26-30(21)24(3,4)5/h6-9,12,16-17H,10-11,13-15H2,1-5H3,(H2,25,27,28,31). The lowest BCUT2D eigenvalue weighted by atomic mass is 9.91. The van der Waals surface area contributed by atoms with Gasteiger partial charge in [-0.25, -0.2) is 4.68 Å². The molecule has 4 rings (SSSR count). The molecule has 7 nitrogen and oxygen atoms in total. The third-order valence-electron chi connectivity index (χ3n) is 5.98. The zero-order valence-corrected chi connectivity index (χ0v) is 19.3. The Kier molecular flexibility index (Phi) is 5.88. The van der Waals surface area contributed by atoms with Gasteiger partial charge in [0, 0.05) is 26.2 Å². The summed E-state index contributed by atoms with van der Waals surface area (Å²) in [5.41, 5.74) is 2.71. The van der Waals surface area contributed by atoms with E-state index in [1.165, 1.54) is 17.5 Å². The molecule has 1 saturated heterocycles. The molecule has 0 amide bonds. The van der Waals surface area contributed by atoms with Crippen molar-refractivity contribution in [3.8, 4) is 0 Å². The normalized spacial score (nSPS) is 20.3. The SMILES string of the molecule is CC1CC(C)CN(Cc2ccccc2CNc2nc3c(cnn3C(C)(C)C)c(=O)[nH]2)C1. The largest absolute Gasteiger partial charge is 0.352 e. The maximum Gasteiger partial charge on any atom is 0.263 e. The van der Waals surface area contributed by atoms with E-state index < -0.39 is 0 Å². The van der Waals surface area contributed by atoms with Crippen molar-refractivity contribution in [3.05, 3.63) is 51.9 Å². The predicted octanol–water partition coefficient (Wildman–Crippen LogP) is 3.96. The van der Waals surface area contributed by atoms with Gasteiger partial charge in [-0.1, -0.05) is 38.1 Å². The number of benzene rings is 1. The summed E-state index contributed by atoms with van der Waals surface area (Å²) in [6.45, 7) is 14.7. The van der Waals surface area contributed by atoms with E-state index in [0.29, 0.717) is 23.5 Å². The Balaban J connectivity index is 1.53. The first kappa shape index (κ1) is 21.6. The van der Waals surface area contributed by atoms with E-state index in [1.807, 2.05) is 20.8 Å². The maximum atomic E-state index is 12.5. The number of likely N-dealkylation sites (tertiary alicyclic amines) is 1. The van der Waals surface area contributed by atoms with Gasteiger partial charge in [0.05, 0.1) is 11.7 Å². The zero-order valence-electron chi connectivity index (χ0n) is 19.3. The summed E-state index contributed by atoms with van der Waals surface area (Å²) < 4.78 is 1.80. The number of piperidine rings is 1. The molecule has 166 valence electrons. The Morgan fingerprint density at radius 2 is 1.81 bits per heavy atom. The molecule has 1 aliphatic rings. The highest BCUT2D eigenvalue weighted by Crippen LogP contribution is 2.24. The third-order valence-corrected chi connectivity index (χ3v) is 5.98. The van der Waals surface area contributed by atoms with Gasteiger partial charge in [0.15, 0.2) is 5.65 Å². The van der Waals surface area contributed by atoms with Gasteiger partial charge >= 0.3 is 0 Å². The van der Waals surface area contributed by atoms with E-state index >= 15 is 0 Å². The maximum absolute atomic E-state index is 12.5. The molecule has 0 aliphatic carbocycles. The van der Waals surface area contributed by atoms with Crippen LogP contribution in [0.25, 0.3) is 11.0 Å². The van der Waals surface area contributed by atoms with Crippen LogP contribution in [-0.4, -0.2) is 37.7 Å². The fourth-order valence-electron chi connectivity index (χ4n) is 4.72. The minimum absolute atomic E-state index is 0.174. The summed E-state index contributed by atoms with van der Waals surface area (Å²) in [5, 5.41) is 8.22. The van der Waals surface area contributed by atoms with Crippen molar-refractivity contribution in [1.82, 2.24) is 24.6 Å². The zero-order chi connectivity index (χ0) is 22.2. The van der Waals surface area contributed by atoms with E-state index in [1.54, 1.807) is 10.9 Å². The summed E-state index contributed by atoms with van der Waals surface area (Å²) in [5.74, 6) is 1.95. The molecule has 1 fully saturated rings. The molecule has 0 saturated carbocycles. The number of aromatic amines is 1. The van der Waals surface area contributed by atoms with E-state index in [4.69, 9.17) is 0 Å². The van der Waals surface area contributed by atoms with Gasteiger partial charge in [-0.05, 0) is 50.2 Å². The fourth-order valence-corrected chi connectivity index (χ4v) is 4.72. The predicted molar refractivity (Wildman–Crippen MR) is 125 cm³/mol. The van der Waals surface area contributed by atoms with Crippen molar-refractivity contribution in [2.24, 2.45) is 11.8 Å². The van der Waals surface area contributed by atoms with Gasteiger partial charge in [0.2, 0.25) is 5.95 Å². The van der Waals surface area contributed by atoms with Crippen LogP contribution in [0.4, 0.5) is 5.95 Å². The Morgan fingerprint density at radius 1 is 1.13 bits per heavy atom. The van der Waals surface area contributed by atoms with Crippen LogP contribution in [0.2, 0.25) is 0 Å². The first-order valence-electron chi connectivity index (χ1n) is 11.2. The number of nitrogens with zero attached hydrogens (tertiary/aromatic N) is 4. The molecular formula is C24H34N6O. The van der Waals surface area contributed by atoms with Crippen LogP contribution < -0.4 is 10.9 Å². The molecule has 1 aliphatic heterocycles. The lowest BCUT2D eigenvalue weighted by Crippen LogP contribution is -2.38. The number of rotatable bonds is 5. The summed E-state index contributed by atoms with van der Waals surface area (Å²) in [7, 11) is 0. The van der Waals surface area contributed by atoms with Crippen molar-refractivity contribution in [3.63, 3.8) is 0 Å². The second-order valence-electron chi connectivity index (χ2n) is 10.1. The molecule has 2 aromatic heterocycles. The van der Waals surface area contributed by atoms with Gasteiger partial charge in [-0.2, -0.15) is 10.1 Å². The molecule has 2 unspecified atom stereocenters. The lowest BCUT2D eigenvalue weighted by Gasteiger charge is -2.35. The molecule has 2 atom stereocenters. The summed E-state index contributed by atoms with van der Waals surface area (Å²) in [6, 6.07) is 8.52. The van der Waals surface area contributed by atoms with Crippen LogP contribution in [0.3, 0.4) is 0 Å². The van der Waals surface area contributed by atoms with Gasteiger partial charge in [0.1, 0.15) is 5.39 Å². The lowest BCUT2D eigenvalue weighted by molar-refractivity contribution is 0.134. The Hall–Kier alpha value is -2.67. The summed E-state index contributed by atoms with van der Waals surface area (Å²) in [4.78, 5) is 22.6. The van der Waals surface area contributed by atoms with Crippen molar-refractivity contribution in [2.45, 2.75) is 59.7 Å². The quantitative estimate of drug-likeness (QED) is 0.651. The van der Waals surface area contributed by atoms with Crippen LogP contribution in [0, 0.1) is 11.8 Å². The molecular weight excluding hydrogens is 388 g/mol. The minimum atomic E-state index is -0.255. The van der Waals surface area contributed by atoms with Gasteiger partial charge in [-0.3, -0.25) is 14.7 Å². The third kappa shape index (κ3) is 4.82. The Labute approximate surface area is 183 Å². The van der Waals surface area contributed by atoms with Crippen molar-refractivity contribution < 1.29 is 0 Å². The first-order valence-corrected chi connectivity index (χ1v) is 11.2. The van der Waals surface area contributed by atoms with E-state index in [9.17, 15) is 4.79 Å². The molecule has 0 radical (unpaired) electrons. The molecule has 7 heteroatoms. The fraction of sp³-hybridized carbons (Fsp3) is 0.542. The number of anilines is 1. The van der Waals surface area contributed by atoms with E-state index in [0.717, 1.165) is 31.5 Å². The second-order valence-corrected chi connectivity index (χ2v) is 10.1. The molecule has 1 aromatic carbocycles. The van der Waals surface area contributed by atoms with Gasteiger partial charge in [-0.15, -0.1) is 0 Å². The summed E-state index contributed by atoms with van der Waals surface area (Å²) in [6.07, 6.45) is 2.90. The molecule has 0 bridgehead atoms. The average Bonchev–Trinajstić information content (AvgIpc) is 3.11. The minimum Gasteiger partial charge on any atom is -0.352 e. The van der Waals surface area contributed by atoms with Gasteiger partial charge in [0.25, 0.3) is 5.56 Å². The smallest absolute Gasteiger partial charge is 0.263 e. The highest BCUT2D eigenvalue weighted by molar-refractivity contribution is 5.74. The number of H-pyrrole nitrogens is 1. The van der Waals surface area contributed by atoms with Crippen molar-refractivity contribution in [2.75, 3.05) is 18.4 Å². The number of fused-ring (bicyclic) bond motifs is 1. The number of nitrogens with one attached hydrogen (secondary N) is 2. The number of aromatic nitrogens is 4. The van der Waals surface area contributed by atoms with Crippen LogP contribution in [0.15, 0.2) is 35.3 Å². The van der Waals surface area contributed by atoms with E-state index in [2.05, 4.69) is 63.4 Å². The van der Waals surface area contributed by atoms with Crippen LogP contribution in [0.5, 0.6) is 0 Å². The molecule has 31 heavy (non-hydrogen) atoms. The molecule has 2 N–H and O–H groups in total. The topological polar surface area (TPSA) is 78.8 Å². The summed E-state index contributed by atoms with van der Waals surface area (Å²) >= 11 is 0. The van der Waals surface area contributed by atoms with Crippen molar-refractivity contribution in [1.29, 1.82) is 0 Å². The highest BCUT2D eigenvalue weighted by atomic mass is 16.1. The number of hydrogen-bond acceptors (Lipinski definition) is 5. The molecule has 3 heterocycles. The van der Waals surface area contributed by atoms with Crippen LogP contribution in [0.1, 0.15) is 52.2 Å². The Bertz CT molecular complexity index is 1100. The van der Waals surface area contributed by atoms with Crippen molar-refractivity contribution >= 4 is 17.0 Å². The van der Waals surface area contributed by atoms with E-state index in [-0.39, 0.29) is 11.1 Å². The average molecular weight is 423 g/mol. The van der Waals surface area contributed by atoms with Crippen LogP contribution >= 0.6 is 0 Å². The monoisotopic (exact) mass is 422 g/mol. The van der Waals surface area contributed by atoms with Crippen LogP contribution in [-0.2, 0) is 18.6 Å². The molecule has 0 spiro atoms.